The Bertz CT molecular complexity index is 1130. The van der Waals surface area contributed by atoms with Gasteiger partial charge < -0.3 is 33.7 Å². The lowest BCUT2D eigenvalue weighted by molar-refractivity contribution is -0.216. The molecule has 246 valence electrons. The highest BCUT2D eigenvalue weighted by Crippen LogP contribution is 2.38. The lowest BCUT2D eigenvalue weighted by Gasteiger charge is -2.32. The van der Waals surface area contributed by atoms with E-state index in [9.17, 15) is 13.6 Å². The molecular weight excluding hydrogens is 574 g/mol. The van der Waals surface area contributed by atoms with Crippen LogP contribution in [0.25, 0.3) is 0 Å². The first-order valence-corrected chi connectivity index (χ1v) is 15.0. The molecule has 4 rings (SSSR count). The Hall–Kier alpha value is -2.96. The molecule has 1 N–H and O–H groups in total. The van der Waals surface area contributed by atoms with Crippen molar-refractivity contribution in [2.75, 3.05) is 20.8 Å². The topological polar surface area (TPSA) is 99.1 Å². The molecule has 0 radical (unpaired) electrons. The zero-order valence-electron chi connectivity index (χ0n) is 26.6. The number of hydrogen-bond acceptors (Lipinski definition) is 9. The molecule has 44 heavy (non-hydrogen) atoms. The van der Waals surface area contributed by atoms with Gasteiger partial charge in [-0.15, -0.1) is 0 Å². The number of methoxy groups -OCH3 is 2. The highest BCUT2D eigenvalue weighted by atomic mass is 19.2. The molecule has 1 aromatic carbocycles. The van der Waals surface area contributed by atoms with Crippen LogP contribution in [0.5, 0.6) is 0 Å². The number of nitrogens with zero attached hydrogens (tertiary/aromatic N) is 2. The fourth-order valence-electron chi connectivity index (χ4n) is 4.41. The molecule has 0 spiro atoms. The molecule has 0 amide bonds. The van der Waals surface area contributed by atoms with Crippen LogP contribution in [0.15, 0.2) is 60.0 Å². The fraction of sp³-hybridized carbons (Fsp3) is 0.576. The lowest BCUT2D eigenvalue weighted by Crippen LogP contribution is -2.33. The molecule has 1 aromatic rings. The van der Waals surface area contributed by atoms with Gasteiger partial charge in [0.2, 0.25) is 0 Å². The van der Waals surface area contributed by atoms with Crippen molar-refractivity contribution >= 4 is 12.2 Å². The van der Waals surface area contributed by atoms with Gasteiger partial charge in [0, 0.05) is 38.2 Å². The van der Waals surface area contributed by atoms with Crippen molar-refractivity contribution in [3.05, 3.63) is 72.2 Å². The molecule has 2 fully saturated rings. The molecule has 3 aliphatic rings. The molecule has 4 atom stereocenters. The van der Waals surface area contributed by atoms with Gasteiger partial charge in [0.25, 0.3) is 0 Å². The Kier molecular flexibility index (Phi) is 15.9. The van der Waals surface area contributed by atoms with Crippen molar-refractivity contribution < 1.29 is 42.4 Å². The van der Waals surface area contributed by atoms with Gasteiger partial charge in [0.15, 0.2) is 23.7 Å². The van der Waals surface area contributed by atoms with Gasteiger partial charge in [-0.25, -0.2) is 13.6 Å². The van der Waals surface area contributed by atoms with E-state index in [0.717, 1.165) is 63.1 Å². The van der Waals surface area contributed by atoms with E-state index >= 15 is 0 Å². The van der Waals surface area contributed by atoms with Gasteiger partial charge in [0.05, 0.1) is 13.2 Å². The highest BCUT2D eigenvalue weighted by Gasteiger charge is 2.38. The summed E-state index contributed by atoms with van der Waals surface area (Å²) in [5.74, 6) is -3.18. The smallest absolute Gasteiger partial charge is 0.355 e. The van der Waals surface area contributed by atoms with Gasteiger partial charge in [-0.2, -0.15) is 0 Å². The van der Waals surface area contributed by atoms with Crippen molar-refractivity contribution in [3.8, 4) is 0 Å². The van der Waals surface area contributed by atoms with Gasteiger partial charge in [-0.05, 0) is 70.1 Å². The maximum atomic E-state index is 13.8. The summed E-state index contributed by atoms with van der Waals surface area (Å²) in [6.07, 6.45) is 11.6. The minimum absolute atomic E-state index is 0.107. The monoisotopic (exact) mass is 622 g/mol. The molecule has 0 aromatic heterocycles. The van der Waals surface area contributed by atoms with Crippen LogP contribution in [0.3, 0.4) is 0 Å². The van der Waals surface area contributed by atoms with E-state index in [0.29, 0.717) is 12.2 Å². The molecular formula is C33H48F2N2O7. The van der Waals surface area contributed by atoms with E-state index < -0.39 is 29.5 Å². The summed E-state index contributed by atoms with van der Waals surface area (Å²) in [5.41, 5.74) is 1.73. The van der Waals surface area contributed by atoms with Crippen molar-refractivity contribution in [1.29, 1.82) is 0 Å². The van der Waals surface area contributed by atoms with Crippen LogP contribution >= 0.6 is 0 Å². The predicted molar refractivity (Wildman–Crippen MR) is 164 cm³/mol. The summed E-state index contributed by atoms with van der Waals surface area (Å²) in [6.45, 7) is 13.3. The third kappa shape index (κ3) is 12.6. The second-order valence-corrected chi connectivity index (χ2v) is 11.0. The molecule has 3 heterocycles. The van der Waals surface area contributed by atoms with Gasteiger partial charge in [-0.1, -0.05) is 38.6 Å². The minimum Gasteiger partial charge on any atom is -0.464 e. The van der Waals surface area contributed by atoms with Gasteiger partial charge in [0.1, 0.15) is 18.0 Å². The SMILES string of the molecule is C=C(N=CCCC)C(=O)OC.C=C1CC=CN1C1CCC(C(OC2CCCCO2)c2ccc(F)c(F)c2)O1.COC(C)(C)O. The Morgan fingerprint density at radius 2 is 1.95 bits per heavy atom. The Labute approximate surface area is 260 Å². The molecule has 2 saturated heterocycles. The van der Waals surface area contributed by atoms with E-state index in [1.807, 2.05) is 18.0 Å². The minimum atomic E-state index is -0.958. The van der Waals surface area contributed by atoms with Gasteiger partial charge in [-0.3, -0.25) is 4.99 Å². The van der Waals surface area contributed by atoms with Crippen LogP contribution in [0.4, 0.5) is 8.78 Å². The molecule has 0 bridgehead atoms. The first-order valence-electron chi connectivity index (χ1n) is 15.0. The largest absolute Gasteiger partial charge is 0.464 e. The first-order chi connectivity index (χ1) is 20.9. The predicted octanol–water partition coefficient (Wildman–Crippen LogP) is 6.69. The standard InChI is InChI=1S/C21H25F2NO3.C8H13NO2.C4H10O2/c1-14-5-4-11-24(14)19-10-9-18(26-19)21(27-20-6-2-3-12-25-20)15-7-8-16(22)17(23)13-15;1-4-5-6-9-7(2)8(10)11-3;1-4(2,5)6-3/h4,7-8,11,13,18-21H,1-3,5-6,9-10,12H2;6H,2,4-5H2,1,3H3;5H,1-3H3. The Balaban J connectivity index is 0.000000330. The number of esters is 1. The van der Waals surface area contributed by atoms with Crippen LogP contribution in [0.2, 0.25) is 0 Å². The van der Waals surface area contributed by atoms with Crippen molar-refractivity contribution in [2.24, 2.45) is 4.99 Å². The summed E-state index contributed by atoms with van der Waals surface area (Å²) in [4.78, 5) is 16.5. The number of ether oxygens (including phenoxy) is 5. The number of rotatable bonds is 10. The summed E-state index contributed by atoms with van der Waals surface area (Å²) in [7, 11) is 2.77. The summed E-state index contributed by atoms with van der Waals surface area (Å²) >= 11 is 0. The normalized spacial score (nSPS) is 22.2. The van der Waals surface area contributed by atoms with Crippen molar-refractivity contribution in [3.63, 3.8) is 0 Å². The summed E-state index contributed by atoms with van der Waals surface area (Å²) in [6, 6.07) is 3.91. The van der Waals surface area contributed by atoms with Crippen LogP contribution in [0, 0.1) is 11.6 Å². The average molecular weight is 623 g/mol. The second-order valence-electron chi connectivity index (χ2n) is 11.0. The zero-order valence-corrected chi connectivity index (χ0v) is 26.6. The van der Waals surface area contributed by atoms with Crippen LogP contribution < -0.4 is 0 Å². The quantitative estimate of drug-likeness (QED) is 0.133. The summed E-state index contributed by atoms with van der Waals surface area (Å²) in [5, 5.41) is 8.60. The second kappa shape index (κ2) is 18.8. The number of halogens is 2. The van der Waals surface area contributed by atoms with Crippen LogP contribution in [0.1, 0.15) is 83.8 Å². The number of hydrogen-bond donors (Lipinski definition) is 1. The van der Waals surface area contributed by atoms with Gasteiger partial charge >= 0.3 is 5.97 Å². The van der Waals surface area contributed by atoms with Crippen LogP contribution in [-0.4, -0.2) is 67.4 Å². The van der Waals surface area contributed by atoms with E-state index in [1.54, 1.807) is 26.1 Å². The lowest BCUT2D eigenvalue weighted by atomic mass is 10.0. The third-order valence-corrected chi connectivity index (χ3v) is 6.96. The number of unbranched alkanes of at least 4 members (excludes halogenated alkanes) is 1. The van der Waals surface area contributed by atoms with Crippen LogP contribution in [-0.2, 0) is 28.5 Å². The number of benzene rings is 1. The van der Waals surface area contributed by atoms with Crippen molar-refractivity contribution in [2.45, 2.75) is 103 Å². The fourth-order valence-corrected chi connectivity index (χ4v) is 4.41. The number of carbonyl (C=O) groups excluding carboxylic acids is 1. The number of allylic oxidation sites excluding steroid dienone is 1. The first kappa shape index (κ1) is 37.2. The zero-order chi connectivity index (χ0) is 32.7. The molecule has 3 aliphatic heterocycles. The number of aliphatic imine (C=N–C) groups is 1. The third-order valence-electron chi connectivity index (χ3n) is 6.96. The van der Waals surface area contributed by atoms with Crippen molar-refractivity contribution in [1.82, 2.24) is 4.90 Å². The number of carbonyl (C=O) groups is 1. The maximum absolute atomic E-state index is 13.8. The molecule has 11 heteroatoms. The average Bonchev–Trinajstić information content (AvgIpc) is 3.67. The molecule has 0 aliphatic carbocycles. The van der Waals surface area contributed by atoms with E-state index in [-0.39, 0.29) is 24.3 Å². The van der Waals surface area contributed by atoms with E-state index in [1.165, 1.54) is 20.3 Å². The molecule has 9 nitrogen and oxygen atoms in total. The number of aliphatic hydroxyl groups is 1. The Morgan fingerprint density at radius 3 is 2.50 bits per heavy atom. The maximum Gasteiger partial charge on any atom is 0.355 e. The highest BCUT2D eigenvalue weighted by molar-refractivity contribution is 5.88. The summed E-state index contributed by atoms with van der Waals surface area (Å²) < 4.78 is 54.3. The molecule has 4 unspecified atom stereocenters. The molecule has 0 saturated carbocycles. The van der Waals surface area contributed by atoms with E-state index in [2.05, 4.69) is 33.7 Å². The Morgan fingerprint density at radius 1 is 1.23 bits per heavy atom. The van der Waals surface area contributed by atoms with E-state index in [4.69, 9.17) is 19.3 Å².